The third-order valence-corrected chi connectivity index (χ3v) is 3.75. The number of hydrogen-bond acceptors (Lipinski definition) is 4. The molecule has 110 valence electrons. The Morgan fingerprint density at radius 3 is 2.70 bits per heavy atom. The van der Waals surface area contributed by atoms with Gasteiger partial charge in [0.1, 0.15) is 11.5 Å². The first kappa shape index (κ1) is 14.8. The standard InChI is InChI=1S/C15H24N4O/c1-16-14-6-4-5-13(17-14)15(20)19-9-7-12(8-10-19)11-18(2)3/h4-6,12H,7-11H2,1-3H3,(H,16,17). The average Bonchev–Trinajstić information content (AvgIpc) is 2.47. The molecule has 2 heterocycles. The maximum Gasteiger partial charge on any atom is 0.272 e. The third-order valence-electron chi connectivity index (χ3n) is 3.75. The lowest BCUT2D eigenvalue weighted by Crippen LogP contribution is -2.40. The van der Waals surface area contributed by atoms with Crippen LogP contribution in [-0.2, 0) is 0 Å². The van der Waals surface area contributed by atoms with Crippen LogP contribution in [0.1, 0.15) is 23.3 Å². The summed E-state index contributed by atoms with van der Waals surface area (Å²) in [7, 11) is 6.01. The van der Waals surface area contributed by atoms with Crippen molar-refractivity contribution < 1.29 is 4.79 Å². The quantitative estimate of drug-likeness (QED) is 0.906. The van der Waals surface area contributed by atoms with E-state index in [1.165, 1.54) is 0 Å². The molecule has 0 saturated carbocycles. The van der Waals surface area contributed by atoms with Gasteiger partial charge in [0.2, 0.25) is 0 Å². The number of pyridine rings is 1. The van der Waals surface area contributed by atoms with Gasteiger partial charge in [-0.15, -0.1) is 0 Å². The first-order valence-electron chi connectivity index (χ1n) is 7.19. The van der Waals surface area contributed by atoms with E-state index in [9.17, 15) is 4.79 Å². The minimum absolute atomic E-state index is 0.0467. The van der Waals surface area contributed by atoms with Crippen LogP contribution in [-0.4, -0.2) is 61.5 Å². The summed E-state index contributed by atoms with van der Waals surface area (Å²) >= 11 is 0. The number of rotatable bonds is 4. The molecule has 1 aromatic heterocycles. The summed E-state index contributed by atoms with van der Waals surface area (Å²) in [5, 5.41) is 2.97. The lowest BCUT2D eigenvalue weighted by molar-refractivity contribution is 0.0672. The van der Waals surface area contributed by atoms with Crippen molar-refractivity contribution in [3.63, 3.8) is 0 Å². The van der Waals surface area contributed by atoms with Gasteiger partial charge in [0.15, 0.2) is 0 Å². The van der Waals surface area contributed by atoms with Crippen LogP contribution >= 0.6 is 0 Å². The summed E-state index contributed by atoms with van der Waals surface area (Å²) in [5.41, 5.74) is 0.530. The third kappa shape index (κ3) is 3.70. The Balaban J connectivity index is 1.94. The molecular weight excluding hydrogens is 252 g/mol. The van der Waals surface area contributed by atoms with Crippen molar-refractivity contribution in [2.75, 3.05) is 46.1 Å². The Hall–Kier alpha value is -1.62. The Kier molecular flexibility index (Phi) is 4.95. The van der Waals surface area contributed by atoms with Crippen molar-refractivity contribution in [3.8, 4) is 0 Å². The number of carbonyl (C=O) groups is 1. The summed E-state index contributed by atoms with van der Waals surface area (Å²) in [4.78, 5) is 20.9. The van der Waals surface area contributed by atoms with E-state index in [-0.39, 0.29) is 5.91 Å². The molecule has 1 fully saturated rings. The summed E-state index contributed by atoms with van der Waals surface area (Å²) in [5.74, 6) is 1.48. The highest BCUT2D eigenvalue weighted by atomic mass is 16.2. The normalized spacial score (nSPS) is 16.5. The van der Waals surface area contributed by atoms with Crippen molar-refractivity contribution in [2.24, 2.45) is 5.92 Å². The predicted molar refractivity (Wildman–Crippen MR) is 81.0 cm³/mol. The minimum Gasteiger partial charge on any atom is -0.373 e. The molecule has 0 atom stereocenters. The van der Waals surface area contributed by atoms with Gasteiger partial charge < -0.3 is 15.1 Å². The number of amides is 1. The molecule has 20 heavy (non-hydrogen) atoms. The van der Waals surface area contributed by atoms with Gasteiger partial charge >= 0.3 is 0 Å². The second-order valence-corrected chi connectivity index (χ2v) is 5.66. The lowest BCUT2D eigenvalue weighted by Gasteiger charge is -2.33. The van der Waals surface area contributed by atoms with E-state index in [0.29, 0.717) is 11.6 Å². The number of likely N-dealkylation sites (tertiary alicyclic amines) is 1. The van der Waals surface area contributed by atoms with Crippen LogP contribution < -0.4 is 5.32 Å². The summed E-state index contributed by atoms with van der Waals surface area (Å²) < 4.78 is 0. The molecule has 5 heteroatoms. The van der Waals surface area contributed by atoms with Crippen LogP contribution in [0.15, 0.2) is 18.2 Å². The van der Waals surface area contributed by atoms with E-state index in [1.807, 2.05) is 24.1 Å². The molecule has 0 spiro atoms. The van der Waals surface area contributed by atoms with Gasteiger partial charge in [-0.2, -0.15) is 0 Å². The van der Waals surface area contributed by atoms with Crippen LogP contribution in [0.4, 0.5) is 5.82 Å². The number of nitrogens with zero attached hydrogens (tertiary/aromatic N) is 3. The molecule has 1 aliphatic heterocycles. The van der Waals surface area contributed by atoms with Crippen molar-refractivity contribution in [1.82, 2.24) is 14.8 Å². The molecule has 1 aromatic rings. The Morgan fingerprint density at radius 2 is 2.10 bits per heavy atom. The number of piperidine rings is 1. The van der Waals surface area contributed by atoms with Gasteiger partial charge in [-0.1, -0.05) is 6.07 Å². The highest BCUT2D eigenvalue weighted by Crippen LogP contribution is 2.19. The molecule has 0 unspecified atom stereocenters. The molecule has 1 N–H and O–H groups in total. The molecule has 1 aliphatic rings. The fraction of sp³-hybridized carbons (Fsp3) is 0.600. The number of carbonyl (C=O) groups excluding carboxylic acids is 1. The Morgan fingerprint density at radius 1 is 1.40 bits per heavy atom. The zero-order chi connectivity index (χ0) is 14.5. The summed E-state index contributed by atoms with van der Waals surface area (Å²) in [6, 6.07) is 5.51. The molecule has 1 saturated heterocycles. The molecule has 2 rings (SSSR count). The first-order valence-corrected chi connectivity index (χ1v) is 7.19. The van der Waals surface area contributed by atoms with Gasteiger partial charge in [-0.25, -0.2) is 4.98 Å². The fourth-order valence-electron chi connectivity index (χ4n) is 2.69. The average molecular weight is 276 g/mol. The highest BCUT2D eigenvalue weighted by Gasteiger charge is 2.24. The van der Waals surface area contributed by atoms with Crippen molar-refractivity contribution in [1.29, 1.82) is 0 Å². The molecule has 0 aliphatic carbocycles. The minimum atomic E-state index is 0.0467. The van der Waals surface area contributed by atoms with Crippen LogP contribution in [0.5, 0.6) is 0 Å². The molecule has 1 amide bonds. The molecule has 0 aromatic carbocycles. The van der Waals surface area contributed by atoms with Gasteiger partial charge in [0.05, 0.1) is 0 Å². The predicted octanol–water partition coefficient (Wildman–Crippen LogP) is 1.54. The fourth-order valence-corrected chi connectivity index (χ4v) is 2.69. The number of aromatic nitrogens is 1. The van der Waals surface area contributed by atoms with Gasteiger partial charge in [0.25, 0.3) is 5.91 Å². The smallest absolute Gasteiger partial charge is 0.272 e. The van der Waals surface area contributed by atoms with Crippen molar-refractivity contribution in [3.05, 3.63) is 23.9 Å². The van der Waals surface area contributed by atoms with E-state index in [2.05, 4.69) is 29.3 Å². The van der Waals surface area contributed by atoms with Crippen LogP contribution in [0.25, 0.3) is 0 Å². The second kappa shape index (κ2) is 6.70. The molecule has 0 bridgehead atoms. The molecular formula is C15H24N4O. The van der Waals surface area contributed by atoms with Crippen molar-refractivity contribution >= 4 is 11.7 Å². The lowest BCUT2D eigenvalue weighted by atomic mass is 9.96. The zero-order valence-corrected chi connectivity index (χ0v) is 12.6. The zero-order valence-electron chi connectivity index (χ0n) is 12.6. The monoisotopic (exact) mass is 276 g/mol. The molecule has 0 radical (unpaired) electrons. The molecule has 5 nitrogen and oxygen atoms in total. The SMILES string of the molecule is CNc1cccc(C(=O)N2CCC(CN(C)C)CC2)n1. The maximum absolute atomic E-state index is 12.4. The topological polar surface area (TPSA) is 48.5 Å². The summed E-state index contributed by atoms with van der Waals surface area (Å²) in [6.45, 7) is 2.78. The van der Waals surface area contributed by atoms with E-state index in [0.717, 1.165) is 38.3 Å². The van der Waals surface area contributed by atoms with E-state index < -0.39 is 0 Å². The number of anilines is 1. The van der Waals surface area contributed by atoms with Gasteiger partial charge in [-0.05, 0) is 45.0 Å². The van der Waals surface area contributed by atoms with Crippen LogP contribution in [0, 0.1) is 5.92 Å². The Bertz CT molecular complexity index is 453. The summed E-state index contributed by atoms with van der Waals surface area (Å²) in [6.07, 6.45) is 2.16. The number of nitrogens with one attached hydrogen (secondary N) is 1. The van der Waals surface area contributed by atoms with E-state index in [4.69, 9.17) is 0 Å². The van der Waals surface area contributed by atoms with Crippen LogP contribution in [0.2, 0.25) is 0 Å². The highest BCUT2D eigenvalue weighted by molar-refractivity contribution is 5.92. The second-order valence-electron chi connectivity index (χ2n) is 5.66. The maximum atomic E-state index is 12.4. The Labute approximate surface area is 121 Å². The van der Waals surface area contributed by atoms with E-state index >= 15 is 0 Å². The first-order chi connectivity index (χ1) is 9.60. The largest absolute Gasteiger partial charge is 0.373 e. The van der Waals surface area contributed by atoms with E-state index in [1.54, 1.807) is 6.07 Å². The number of hydrogen-bond donors (Lipinski definition) is 1. The van der Waals surface area contributed by atoms with Crippen molar-refractivity contribution in [2.45, 2.75) is 12.8 Å². The van der Waals surface area contributed by atoms with Gasteiger partial charge in [-0.3, -0.25) is 4.79 Å². The van der Waals surface area contributed by atoms with Gasteiger partial charge in [0, 0.05) is 26.7 Å². The van der Waals surface area contributed by atoms with Crippen LogP contribution in [0.3, 0.4) is 0 Å².